The minimum atomic E-state index is -0.372. The Balaban J connectivity index is 2.40. The van der Waals surface area contributed by atoms with Gasteiger partial charge < -0.3 is 14.3 Å². The molecule has 0 N–H and O–H groups in total. The lowest BCUT2D eigenvalue weighted by atomic mass is 10.1. The summed E-state index contributed by atoms with van der Waals surface area (Å²) in [6, 6.07) is 6.05. The number of aromatic nitrogens is 1. The smallest absolute Gasteiger partial charge is 0.263 e. The van der Waals surface area contributed by atoms with Gasteiger partial charge in [-0.15, -0.1) is 0 Å². The summed E-state index contributed by atoms with van der Waals surface area (Å²) in [6.45, 7) is 4.74. The van der Waals surface area contributed by atoms with Crippen LogP contribution in [0.3, 0.4) is 0 Å². The molecule has 0 saturated carbocycles. The van der Waals surface area contributed by atoms with E-state index in [1.807, 2.05) is 25.9 Å². The summed E-state index contributed by atoms with van der Waals surface area (Å²) in [4.78, 5) is 16.6. The normalized spacial score (nSPS) is 11.0. The van der Waals surface area contributed by atoms with Crippen LogP contribution >= 0.6 is 0 Å². The number of likely N-dealkylation sites (N-methyl/N-ethyl adjacent to an activating group) is 1. The van der Waals surface area contributed by atoms with Crippen LogP contribution in [0.25, 0.3) is 0 Å². The fraction of sp³-hybridized carbons (Fsp3) is 0.412. The van der Waals surface area contributed by atoms with Crippen molar-refractivity contribution in [1.29, 1.82) is 0 Å². The summed E-state index contributed by atoms with van der Waals surface area (Å²) in [5, 5.41) is 3.94. The Kier molecular flexibility index (Phi) is 5.50. The number of rotatable bonds is 6. The highest BCUT2D eigenvalue weighted by molar-refractivity contribution is 6.07. The number of amides is 1. The van der Waals surface area contributed by atoms with E-state index in [2.05, 4.69) is 5.16 Å². The molecule has 0 aliphatic heterocycles. The van der Waals surface area contributed by atoms with Crippen LogP contribution in [0.15, 0.2) is 28.8 Å². The molecule has 0 radical (unpaired) electrons. The van der Waals surface area contributed by atoms with Crippen LogP contribution in [0, 0.1) is 12.7 Å². The Morgan fingerprint density at radius 2 is 2.04 bits per heavy atom. The predicted molar refractivity (Wildman–Crippen MR) is 87.2 cm³/mol. The maximum absolute atomic E-state index is 13.6. The number of hydrogen-bond donors (Lipinski definition) is 0. The molecular formula is C17H22FN3O2. The van der Waals surface area contributed by atoms with Crippen LogP contribution in [0.1, 0.15) is 28.7 Å². The molecule has 0 saturated heterocycles. The molecule has 1 aromatic carbocycles. The van der Waals surface area contributed by atoms with E-state index in [-0.39, 0.29) is 11.7 Å². The van der Waals surface area contributed by atoms with Gasteiger partial charge in [0.25, 0.3) is 5.91 Å². The zero-order chi connectivity index (χ0) is 17.0. The minimum absolute atomic E-state index is 0.215. The molecule has 0 atom stereocenters. The van der Waals surface area contributed by atoms with Gasteiger partial charge in [-0.25, -0.2) is 4.39 Å². The van der Waals surface area contributed by atoms with Gasteiger partial charge in [-0.3, -0.25) is 4.79 Å². The lowest BCUT2D eigenvalue weighted by Crippen LogP contribution is -2.37. The maximum atomic E-state index is 13.6. The van der Waals surface area contributed by atoms with Crippen LogP contribution in [-0.2, 0) is 6.42 Å². The SMILES string of the molecule is CCc1noc(C)c1C(=O)N(CCN(C)C)c1cccc(F)c1. The van der Waals surface area contributed by atoms with Gasteiger partial charge in [-0.05, 0) is 45.6 Å². The number of aryl methyl sites for hydroxylation is 2. The van der Waals surface area contributed by atoms with Crippen LogP contribution in [0.4, 0.5) is 10.1 Å². The van der Waals surface area contributed by atoms with Crippen molar-refractivity contribution >= 4 is 11.6 Å². The summed E-state index contributed by atoms with van der Waals surface area (Å²) in [5.74, 6) is -0.103. The minimum Gasteiger partial charge on any atom is -0.361 e. The highest BCUT2D eigenvalue weighted by atomic mass is 19.1. The van der Waals surface area contributed by atoms with Crippen molar-refractivity contribution in [2.24, 2.45) is 0 Å². The maximum Gasteiger partial charge on any atom is 0.263 e. The third kappa shape index (κ3) is 3.96. The Morgan fingerprint density at radius 3 is 2.65 bits per heavy atom. The fourth-order valence-corrected chi connectivity index (χ4v) is 2.36. The van der Waals surface area contributed by atoms with Crippen molar-refractivity contribution < 1.29 is 13.7 Å². The standard InChI is InChI=1S/C17H22FN3O2/c1-5-15-16(12(2)23-19-15)17(22)21(10-9-20(3)4)14-8-6-7-13(18)11-14/h6-8,11H,5,9-10H2,1-4H3. The number of nitrogens with zero attached hydrogens (tertiary/aromatic N) is 3. The van der Waals surface area contributed by atoms with Gasteiger partial charge in [0.1, 0.15) is 17.1 Å². The van der Waals surface area contributed by atoms with Gasteiger partial charge in [-0.2, -0.15) is 0 Å². The van der Waals surface area contributed by atoms with Gasteiger partial charge >= 0.3 is 0 Å². The molecule has 2 rings (SSSR count). The molecule has 0 unspecified atom stereocenters. The topological polar surface area (TPSA) is 49.6 Å². The van der Waals surface area contributed by atoms with Crippen molar-refractivity contribution in [3.05, 3.63) is 47.1 Å². The molecule has 1 aromatic heterocycles. The second-order valence-corrected chi connectivity index (χ2v) is 5.65. The molecule has 5 nitrogen and oxygen atoms in total. The zero-order valence-corrected chi connectivity index (χ0v) is 14.0. The van der Waals surface area contributed by atoms with Crippen LogP contribution < -0.4 is 4.90 Å². The summed E-state index contributed by atoms with van der Waals surface area (Å²) in [7, 11) is 3.85. The van der Waals surface area contributed by atoms with Crippen molar-refractivity contribution in [2.75, 3.05) is 32.1 Å². The molecule has 1 heterocycles. The number of carbonyl (C=O) groups is 1. The van der Waals surface area contributed by atoms with E-state index in [9.17, 15) is 9.18 Å². The van der Waals surface area contributed by atoms with E-state index in [1.165, 1.54) is 12.1 Å². The predicted octanol–water partition coefficient (Wildman–Crippen LogP) is 2.89. The summed E-state index contributed by atoms with van der Waals surface area (Å²) >= 11 is 0. The Labute approximate surface area is 135 Å². The van der Waals surface area contributed by atoms with Crippen LogP contribution in [0.2, 0.25) is 0 Å². The molecule has 6 heteroatoms. The molecule has 0 fully saturated rings. The molecule has 0 bridgehead atoms. The number of hydrogen-bond acceptors (Lipinski definition) is 4. The Bertz CT molecular complexity index is 682. The summed E-state index contributed by atoms with van der Waals surface area (Å²) < 4.78 is 18.7. The monoisotopic (exact) mass is 319 g/mol. The fourth-order valence-electron chi connectivity index (χ4n) is 2.36. The first kappa shape index (κ1) is 17.1. The van der Waals surface area contributed by atoms with Gasteiger partial charge in [0.05, 0.1) is 5.69 Å². The molecular weight excluding hydrogens is 297 g/mol. The molecule has 0 spiro atoms. The van der Waals surface area contributed by atoms with Crippen molar-refractivity contribution in [3.8, 4) is 0 Å². The third-order valence-electron chi connectivity index (χ3n) is 3.62. The highest BCUT2D eigenvalue weighted by Crippen LogP contribution is 2.22. The first-order valence-corrected chi connectivity index (χ1v) is 7.61. The van der Waals surface area contributed by atoms with E-state index < -0.39 is 0 Å². The highest BCUT2D eigenvalue weighted by Gasteiger charge is 2.25. The first-order chi connectivity index (χ1) is 10.9. The van der Waals surface area contributed by atoms with Gasteiger partial charge in [-0.1, -0.05) is 18.1 Å². The van der Waals surface area contributed by atoms with E-state index in [0.717, 1.165) is 0 Å². The Hall–Kier alpha value is -2.21. The molecule has 124 valence electrons. The van der Waals surface area contributed by atoms with Crippen LogP contribution in [-0.4, -0.2) is 43.1 Å². The first-order valence-electron chi connectivity index (χ1n) is 7.61. The van der Waals surface area contributed by atoms with Crippen molar-refractivity contribution in [2.45, 2.75) is 20.3 Å². The number of carbonyl (C=O) groups excluding carboxylic acids is 1. The third-order valence-corrected chi connectivity index (χ3v) is 3.62. The molecule has 1 amide bonds. The molecule has 2 aromatic rings. The summed E-state index contributed by atoms with van der Waals surface area (Å²) in [5.41, 5.74) is 1.62. The van der Waals surface area contributed by atoms with Gasteiger partial charge in [0, 0.05) is 18.8 Å². The number of anilines is 1. The molecule has 23 heavy (non-hydrogen) atoms. The number of benzene rings is 1. The summed E-state index contributed by atoms with van der Waals surface area (Å²) in [6.07, 6.45) is 0.600. The second kappa shape index (κ2) is 7.37. The van der Waals surface area contributed by atoms with Crippen molar-refractivity contribution in [1.82, 2.24) is 10.1 Å². The average Bonchev–Trinajstić information content (AvgIpc) is 2.88. The van der Waals surface area contributed by atoms with Crippen LogP contribution in [0.5, 0.6) is 0 Å². The lowest BCUT2D eigenvalue weighted by molar-refractivity contribution is 0.0983. The zero-order valence-electron chi connectivity index (χ0n) is 14.0. The van der Waals surface area contributed by atoms with E-state index in [4.69, 9.17) is 4.52 Å². The van der Waals surface area contributed by atoms with E-state index in [0.29, 0.717) is 42.2 Å². The van der Waals surface area contributed by atoms with E-state index in [1.54, 1.807) is 24.0 Å². The second-order valence-electron chi connectivity index (χ2n) is 5.65. The lowest BCUT2D eigenvalue weighted by Gasteiger charge is -2.24. The molecule has 0 aliphatic carbocycles. The average molecular weight is 319 g/mol. The van der Waals surface area contributed by atoms with Crippen molar-refractivity contribution in [3.63, 3.8) is 0 Å². The number of halogens is 1. The quantitative estimate of drug-likeness (QED) is 0.821. The van der Waals surface area contributed by atoms with Gasteiger partial charge in [0.15, 0.2) is 0 Å². The Morgan fingerprint density at radius 1 is 1.30 bits per heavy atom. The largest absolute Gasteiger partial charge is 0.361 e. The van der Waals surface area contributed by atoms with Gasteiger partial charge in [0.2, 0.25) is 0 Å². The molecule has 0 aliphatic rings. The van der Waals surface area contributed by atoms with E-state index >= 15 is 0 Å².